The van der Waals surface area contributed by atoms with E-state index in [1.807, 2.05) is 0 Å². The highest BCUT2D eigenvalue weighted by molar-refractivity contribution is 7.47. The quantitative estimate of drug-likeness (QED) is 0.0285. The number of hydrogen-bond acceptors (Lipinski definition) is 8. The third-order valence-electron chi connectivity index (χ3n) is 7.69. The minimum absolute atomic E-state index is 0.0454. The second-order valence-electron chi connectivity index (χ2n) is 12.4. The third-order valence-corrected chi connectivity index (χ3v) is 8.67. The van der Waals surface area contributed by atoms with E-state index in [9.17, 15) is 19.0 Å². The van der Waals surface area contributed by atoms with Crippen molar-refractivity contribution in [3.63, 3.8) is 0 Å². The van der Waals surface area contributed by atoms with Gasteiger partial charge in [0.05, 0.1) is 13.2 Å². The van der Waals surface area contributed by atoms with Crippen LogP contribution >= 0.6 is 7.82 Å². The lowest BCUT2D eigenvalue weighted by atomic mass is 10.1. The number of phosphoric ester groups is 1. The van der Waals surface area contributed by atoms with Crippen LogP contribution < -0.4 is 5.73 Å². The molecular formula is C39H70NO8P. The van der Waals surface area contributed by atoms with E-state index in [-0.39, 0.29) is 32.6 Å². The van der Waals surface area contributed by atoms with Gasteiger partial charge in [0.15, 0.2) is 6.10 Å². The monoisotopic (exact) mass is 711 g/mol. The van der Waals surface area contributed by atoms with Gasteiger partial charge in [-0.3, -0.25) is 18.6 Å². The predicted octanol–water partition coefficient (Wildman–Crippen LogP) is 10.4. The van der Waals surface area contributed by atoms with Gasteiger partial charge in [-0.05, 0) is 77.0 Å². The molecule has 0 aliphatic carbocycles. The third kappa shape index (κ3) is 35.6. The summed E-state index contributed by atoms with van der Waals surface area (Å²) in [4.78, 5) is 34.7. The first-order chi connectivity index (χ1) is 23.8. The summed E-state index contributed by atoms with van der Waals surface area (Å²) in [6.07, 6.45) is 38.5. The van der Waals surface area contributed by atoms with Gasteiger partial charge in [0.1, 0.15) is 6.61 Å². The molecule has 0 saturated carbocycles. The van der Waals surface area contributed by atoms with Gasteiger partial charge in [0, 0.05) is 19.4 Å². The van der Waals surface area contributed by atoms with Crippen LogP contribution in [-0.4, -0.2) is 49.3 Å². The fourth-order valence-electron chi connectivity index (χ4n) is 4.81. The normalized spacial score (nSPS) is 14.0. The van der Waals surface area contributed by atoms with E-state index in [1.165, 1.54) is 44.9 Å². The summed E-state index contributed by atoms with van der Waals surface area (Å²) < 4.78 is 32.6. The summed E-state index contributed by atoms with van der Waals surface area (Å²) in [5.74, 6) is -0.888. The predicted molar refractivity (Wildman–Crippen MR) is 201 cm³/mol. The summed E-state index contributed by atoms with van der Waals surface area (Å²) in [7, 11) is -4.38. The number of carbonyl (C=O) groups is 2. The molecule has 284 valence electrons. The Balaban J connectivity index is 4.32. The molecule has 0 aliphatic heterocycles. The van der Waals surface area contributed by atoms with Crippen molar-refractivity contribution in [3.05, 3.63) is 48.6 Å². The lowest BCUT2D eigenvalue weighted by Crippen LogP contribution is -2.29. The second-order valence-corrected chi connectivity index (χ2v) is 13.9. The molecule has 2 atom stereocenters. The fourth-order valence-corrected chi connectivity index (χ4v) is 5.57. The minimum Gasteiger partial charge on any atom is -0.462 e. The van der Waals surface area contributed by atoms with Crippen LogP contribution in [0.25, 0.3) is 0 Å². The van der Waals surface area contributed by atoms with Crippen molar-refractivity contribution in [2.24, 2.45) is 5.73 Å². The largest absolute Gasteiger partial charge is 0.472 e. The molecule has 1 unspecified atom stereocenters. The maximum atomic E-state index is 12.5. The molecule has 0 spiro atoms. The van der Waals surface area contributed by atoms with Crippen LogP contribution in [0.2, 0.25) is 0 Å². The Labute approximate surface area is 298 Å². The van der Waals surface area contributed by atoms with Crippen molar-refractivity contribution >= 4 is 19.8 Å². The van der Waals surface area contributed by atoms with E-state index in [4.69, 9.17) is 24.3 Å². The smallest absolute Gasteiger partial charge is 0.462 e. The highest BCUT2D eigenvalue weighted by Gasteiger charge is 2.25. The van der Waals surface area contributed by atoms with Gasteiger partial charge < -0.3 is 20.1 Å². The Morgan fingerprint density at radius 3 is 1.67 bits per heavy atom. The summed E-state index contributed by atoms with van der Waals surface area (Å²) in [5.41, 5.74) is 5.33. The number of carbonyl (C=O) groups excluding carboxylic acids is 2. The molecule has 0 rings (SSSR count). The van der Waals surface area contributed by atoms with Crippen molar-refractivity contribution in [3.8, 4) is 0 Å². The summed E-state index contributed by atoms with van der Waals surface area (Å²) in [6, 6.07) is 0. The van der Waals surface area contributed by atoms with Crippen LogP contribution in [-0.2, 0) is 32.7 Å². The summed E-state index contributed by atoms with van der Waals surface area (Å²) in [5, 5.41) is 0. The van der Waals surface area contributed by atoms with Crippen LogP contribution in [0.15, 0.2) is 48.6 Å². The number of hydrogen-bond donors (Lipinski definition) is 2. The first-order valence-corrected chi connectivity index (χ1v) is 20.6. The van der Waals surface area contributed by atoms with E-state index in [1.54, 1.807) is 0 Å². The molecule has 0 aromatic carbocycles. The SMILES string of the molecule is CCCCC/C=C/C/C=C/C/C=C/CCCCC(=O)OC[C@H](COP(=O)(O)OCCN)OC(=O)CCCCCCC/C=C/CCCCCC. The van der Waals surface area contributed by atoms with Gasteiger partial charge in [-0.1, -0.05) is 114 Å². The van der Waals surface area contributed by atoms with Gasteiger partial charge in [-0.25, -0.2) is 4.57 Å². The van der Waals surface area contributed by atoms with Crippen molar-refractivity contribution in [1.29, 1.82) is 0 Å². The zero-order valence-corrected chi connectivity index (χ0v) is 31.8. The van der Waals surface area contributed by atoms with E-state index in [0.29, 0.717) is 12.8 Å². The van der Waals surface area contributed by atoms with Crippen molar-refractivity contribution in [1.82, 2.24) is 0 Å². The van der Waals surface area contributed by atoms with Gasteiger partial charge in [-0.15, -0.1) is 0 Å². The average molecular weight is 712 g/mol. The first kappa shape index (κ1) is 47.0. The van der Waals surface area contributed by atoms with E-state index >= 15 is 0 Å². The molecule has 49 heavy (non-hydrogen) atoms. The Hall–Kier alpha value is -2.03. The number of rotatable bonds is 35. The molecule has 0 heterocycles. The topological polar surface area (TPSA) is 134 Å². The van der Waals surface area contributed by atoms with E-state index in [0.717, 1.165) is 70.6 Å². The molecule has 0 aromatic rings. The van der Waals surface area contributed by atoms with Crippen molar-refractivity contribution in [2.75, 3.05) is 26.4 Å². The zero-order chi connectivity index (χ0) is 36.1. The number of esters is 2. The standard InChI is InChI=1S/C39H70NO8P/c1-3-5-7-9-11-13-15-17-18-20-21-23-25-27-29-31-38(41)45-35-37(36-47-49(43,44)46-34-33-40)48-39(42)32-30-28-26-24-22-19-16-14-12-10-8-6-4-2/h11,13-14,16-18,21,23,37H,3-10,12,15,19-20,22,24-36,40H2,1-2H3,(H,43,44)/b13-11+,16-14+,18-17+,23-21+/t37-/m1/s1. The number of unbranched alkanes of at least 4 members (excludes halogenated alkanes) is 14. The Morgan fingerprint density at radius 1 is 0.612 bits per heavy atom. The second kappa shape index (κ2) is 35.8. The first-order valence-electron chi connectivity index (χ1n) is 19.1. The highest BCUT2D eigenvalue weighted by Crippen LogP contribution is 2.43. The van der Waals surface area contributed by atoms with Crippen LogP contribution in [0, 0.1) is 0 Å². The Morgan fingerprint density at radius 2 is 1.06 bits per heavy atom. The summed E-state index contributed by atoms with van der Waals surface area (Å²) in [6.45, 7) is 3.61. The molecule has 0 bridgehead atoms. The van der Waals surface area contributed by atoms with E-state index in [2.05, 4.69) is 62.5 Å². The molecule has 0 amide bonds. The molecule has 3 N–H and O–H groups in total. The van der Waals surface area contributed by atoms with Gasteiger partial charge in [0.2, 0.25) is 0 Å². The number of allylic oxidation sites excluding steroid dienone is 8. The van der Waals surface area contributed by atoms with E-state index < -0.39 is 32.5 Å². The van der Waals surface area contributed by atoms with Gasteiger partial charge >= 0.3 is 19.8 Å². The maximum Gasteiger partial charge on any atom is 0.472 e. The molecule has 9 nitrogen and oxygen atoms in total. The van der Waals surface area contributed by atoms with Crippen LogP contribution in [0.3, 0.4) is 0 Å². The average Bonchev–Trinajstić information content (AvgIpc) is 3.08. The molecule has 0 aromatic heterocycles. The fraction of sp³-hybridized carbons (Fsp3) is 0.744. The van der Waals surface area contributed by atoms with Gasteiger partial charge in [0.25, 0.3) is 0 Å². The van der Waals surface area contributed by atoms with Crippen LogP contribution in [0.4, 0.5) is 0 Å². The highest BCUT2D eigenvalue weighted by atomic mass is 31.2. The minimum atomic E-state index is -4.38. The molecule has 10 heteroatoms. The number of phosphoric acid groups is 1. The van der Waals surface area contributed by atoms with Gasteiger partial charge in [-0.2, -0.15) is 0 Å². The lowest BCUT2D eigenvalue weighted by molar-refractivity contribution is -0.161. The molecule has 0 saturated heterocycles. The van der Waals surface area contributed by atoms with Crippen molar-refractivity contribution in [2.45, 2.75) is 161 Å². The Bertz CT molecular complexity index is 949. The summed E-state index contributed by atoms with van der Waals surface area (Å²) >= 11 is 0. The molecule has 0 aliphatic rings. The van der Waals surface area contributed by atoms with Crippen LogP contribution in [0.1, 0.15) is 155 Å². The molecular weight excluding hydrogens is 641 g/mol. The number of nitrogens with two attached hydrogens (primary N) is 1. The Kier molecular flexibility index (Phi) is 34.3. The lowest BCUT2D eigenvalue weighted by Gasteiger charge is -2.19. The van der Waals surface area contributed by atoms with Crippen molar-refractivity contribution < 1.29 is 37.6 Å². The maximum absolute atomic E-state index is 12.5. The number of ether oxygens (including phenoxy) is 2. The van der Waals surface area contributed by atoms with Crippen LogP contribution in [0.5, 0.6) is 0 Å². The molecule has 0 radical (unpaired) electrons. The molecule has 0 fully saturated rings. The zero-order valence-electron chi connectivity index (χ0n) is 30.9.